The molecule has 3 aromatic rings. The van der Waals surface area contributed by atoms with Gasteiger partial charge >= 0.3 is 12.0 Å². The van der Waals surface area contributed by atoms with Gasteiger partial charge in [-0.25, -0.2) is 9.18 Å². The molecular formula is C29H29FN2O3. The van der Waals surface area contributed by atoms with Gasteiger partial charge in [0.25, 0.3) is 0 Å². The van der Waals surface area contributed by atoms with Gasteiger partial charge in [0.15, 0.2) is 0 Å². The van der Waals surface area contributed by atoms with Gasteiger partial charge in [-0.05, 0) is 90.5 Å². The molecule has 5 nitrogen and oxygen atoms in total. The number of benzene rings is 3. The average molecular weight is 473 g/mol. The number of nitrogens with zero attached hydrogens (tertiary/aromatic N) is 1. The highest BCUT2D eigenvalue weighted by atomic mass is 19.1. The summed E-state index contributed by atoms with van der Waals surface area (Å²) in [6, 6.07) is 20.7. The van der Waals surface area contributed by atoms with E-state index >= 15 is 0 Å². The number of rotatable bonds is 5. The second-order valence-electron chi connectivity index (χ2n) is 9.59. The van der Waals surface area contributed by atoms with Crippen LogP contribution in [0.3, 0.4) is 0 Å². The summed E-state index contributed by atoms with van der Waals surface area (Å²) < 4.78 is 13.9. The van der Waals surface area contributed by atoms with Gasteiger partial charge in [-0.2, -0.15) is 0 Å². The summed E-state index contributed by atoms with van der Waals surface area (Å²) in [5, 5.41) is 11.7. The van der Waals surface area contributed by atoms with Crippen LogP contribution in [0, 0.1) is 11.7 Å². The zero-order valence-corrected chi connectivity index (χ0v) is 19.5. The molecule has 3 aromatic carbocycles. The van der Waals surface area contributed by atoms with Gasteiger partial charge < -0.3 is 10.4 Å². The van der Waals surface area contributed by atoms with E-state index in [0.717, 1.165) is 54.5 Å². The highest BCUT2D eigenvalue weighted by molar-refractivity contribution is 6.03. The van der Waals surface area contributed by atoms with Crippen LogP contribution in [-0.2, 0) is 11.2 Å². The van der Waals surface area contributed by atoms with Crippen LogP contribution in [-0.4, -0.2) is 23.7 Å². The van der Waals surface area contributed by atoms with Crippen molar-refractivity contribution in [3.63, 3.8) is 0 Å². The Bertz CT molecular complexity index is 1230. The predicted octanol–water partition coefficient (Wildman–Crippen LogP) is 6.84. The van der Waals surface area contributed by atoms with Gasteiger partial charge in [0.1, 0.15) is 5.82 Å². The van der Waals surface area contributed by atoms with E-state index in [-0.39, 0.29) is 18.1 Å². The van der Waals surface area contributed by atoms with E-state index < -0.39 is 11.8 Å². The first-order valence-electron chi connectivity index (χ1n) is 12.3. The fourth-order valence-electron chi connectivity index (χ4n) is 5.43. The molecule has 0 radical (unpaired) electrons. The van der Waals surface area contributed by atoms with Gasteiger partial charge in [-0.15, -0.1) is 0 Å². The molecule has 1 heterocycles. The molecule has 0 saturated heterocycles. The monoisotopic (exact) mass is 472 g/mol. The molecule has 1 aliphatic heterocycles. The van der Waals surface area contributed by atoms with Crippen molar-refractivity contribution in [1.82, 2.24) is 0 Å². The SMILES string of the molecule is O=C(O)C[C@H]1CC[C@H](c2ccc(-c3ccc4c(c3)CCN4C(=O)Nc3ccccc3F)cc2)CC1. The second kappa shape index (κ2) is 9.90. The molecule has 180 valence electrons. The standard InChI is InChI=1S/C29H29FN2O3/c30-25-3-1-2-4-26(25)31-29(35)32-16-15-24-18-23(13-14-27(24)32)22-11-9-21(10-12-22)20-7-5-19(6-8-20)17-28(33)34/h1-4,9-14,18-20H,5-8,15-17H2,(H,31,35)(H,33,34)/t19-,20-. The molecule has 0 aromatic heterocycles. The summed E-state index contributed by atoms with van der Waals surface area (Å²) in [6.45, 7) is 0.558. The fraction of sp³-hybridized carbons (Fsp3) is 0.310. The summed E-state index contributed by atoms with van der Waals surface area (Å²) in [6.07, 6.45) is 5.08. The minimum absolute atomic E-state index is 0.179. The maximum Gasteiger partial charge on any atom is 0.326 e. The van der Waals surface area contributed by atoms with E-state index in [1.165, 1.54) is 11.6 Å². The van der Waals surface area contributed by atoms with E-state index in [2.05, 4.69) is 35.6 Å². The molecule has 1 saturated carbocycles. The Labute approximate surface area is 204 Å². The third-order valence-corrected chi connectivity index (χ3v) is 7.36. The van der Waals surface area contributed by atoms with Crippen LogP contribution >= 0.6 is 0 Å². The molecule has 6 heteroatoms. The summed E-state index contributed by atoms with van der Waals surface area (Å²) in [5.41, 5.74) is 5.70. The average Bonchev–Trinajstić information content (AvgIpc) is 3.29. The zero-order valence-electron chi connectivity index (χ0n) is 19.5. The number of aliphatic carboxylic acids is 1. The number of amides is 2. The zero-order chi connectivity index (χ0) is 24.4. The van der Waals surface area contributed by atoms with E-state index in [0.29, 0.717) is 18.4 Å². The van der Waals surface area contributed by atoms with E-state index in [1.54, 1.807) is 23.1 Å². The van der Waals surface area contributed by atoms with E-state index in [9.17, 15) is 14.0 Å². The quantitative estimate of drug-likeness (QED) is 0.427. The van der Waals surface area contributed by atoms with Gasteiger partial charge in [-0.3, -0.25) is 9.69 Å². The smallest absolute Gasteiger partial charge is 0.326 e. The molecule has 1 aliphatic carbocycles. The number of halogens is 1. The summed E-state index contributed by atoms with van der Waals surface area (Å²) >= 11 is 0. The van der Waals surface area contributed by atoms with Crippen molar-refractivity contribution in [3.8, 4) is 11.1 Å². The predicted molar refractivity (Wildman–Crippen MR) is 135 cm³/mol. The number of urea groups is 1. The molecule has 0 unspecified atom stereocenters. The van der Waals surface area contributed by atoms with Crippen molar-refractivity contribution < 1.29 is 19.1 Å². The Morgan fingerprint density at radius 3 is 2.37 bits per heavy atom. The fourth-order valence-corrected chi connectivity index (χ4v) is 5.43. The van der Waals surface area contributed by atoms with Crippen LogP contribution in [0.15, 0.2) is 66.7 Å². The number of carbonyl (C=O) groups excluding carboxylic acids is 1. The minimum atomic E-state index is -0.694. The van der Waals surface area contributed by atoms with Gasteiger partial charge in [0, 0.05) is 18.7 Å². The lowest BCUT2D eigenvalue weighted by Gasteiger charge is -2.28. The molecule has 35 heavy (non-hydrogen) atoms. The number of nitrogens with one attached hydrogen (secondary N) is 1. The van der Waals surface area contributed by atoms with Crippen LogP contribution in [0.4, 0.5) is 20.6 Å². The Morgan fingerprint density at radius 1 is 0.943 bits per heavy atom. The van der Waals surface area contributed by atoms with Crippen LogP contribution in [0.1, 0.15) is 49.1 Å². The van der Waals surface area contributed by atoms with Crippen molar-refractivity contribution in [3.05, 3.63) is 83.7 Å². The number of hydrogen-bond acceptors (Lipinski definition) is 2. The van der Waals surface area contributed by atoms with Crippen LogP contribution < -0.4 is 10.2 Å². The largest absolute Gasteiger partial charge is 0.481 e. The minimum Gasteiger partial charge on any atom is -0.481 e. The normalized spacial score (nSPS) is 19.3. The molecular weight excluding hydrogens is 443 g/mol. The summed E-state index contributed by atoms with van der Waals surface area (Å²) in [4.78, 5) is 25.4. The highest BCUT2D eigenvalue weighted by Crippen LogP contribution is 2.38. The Morgan fingerprint density at radius 2 is 1.66 bits per heavy atom. The van der Waals surface area contributed by atoms with E-state index in [1.807, 2.05) is 12.1 Å². The maximum atomic E-state index is 13.9. The number of para-hydroxylation sites is 1. The Hall–Kier alpha value is -3.67. The third-order valence-electron chi connectivity index (χ3n) is 7.36. The molecule has 0 atom stereocenters. The molecule has 0 bridgehead atoms. The number of anilines is 2. The first kappa shape index (κ1) is 23.1. The molecule has 2 aliphatic rings. The Balaban J connectivity index is 1.25. The maximum absolute atomic E-state index is 13.9. The topological polar surface area (TPSA) is 69.6 Å². The lowest BCUT2D eigenvalue weighted by Crippen LogP contribution is -2.33. The van der Waals surface area contributed by atoms with Crippen molar-refractivity contribution in [2.75, 3.05) is 16.8 Å². The Kier molecular flexibility index (Phi) is 6.53. The van der Waals surface area contributed by atoms with Crippen molar-refractivity contribution >= 4 is 23.4 Å². The van der Waals surface area contributed by atoms with Crippen LogP contribution in [0.5, 0.6) is 0 Å². The van der Waals surface area contributed by atoms with Crippen molar-refractivity contribution in [2.24, 2.45) is 5.92 Å². The molecule has 0 spiro atoms. The molecule has 2 amide bonds. The first-order valence-corrected chi connectivity index (χ1v) is 12.3. The molecule has 2 N–H and O–H groups in total. The molecule has 1 fully saturated rings. The van der Waals surface area contributed by atoms with Crippen molar-refractivity contribution in [1.29, 1.82) is 0 Å². The highest BCUT2D eigenvalue weighted by Gasteiger charge is 2.26. The van der Waals surface area contributed by atoms with Gasteiger partial charge in [-0.1, -0.05) is 42.5 Å². The lowest BCUT2D eigenvalue weighted by atomic mass is 9.77. The van der Waals surface area contributed by atoms with Crippen LogP contribution in [0.2, 0.25) is 0 Å². The van der Waals surface area contributed by atoms with Gasteiger partial charge in [0.2, 0.25) is 0 Å². The summed E-state index contributed by atoms with van der Waals surface area (Å²) in [7, 11) is 0. The van der Waals surface area contributed by atoms with Crippen LogP contribution in [0.25, 0.3) is 11.1 Å². The first-order chi connectivity index (χ1) is 17.0. The summed E-state index contributed by atoms with van der Waals surface area (Å²) in [5.74, 6) is -0.341. The lowest BCUT2D eigenvalue weighted by molar-refractivity contribution is -0.138. The molecule has 5 rings (SSSR count). The number of carbonyl (C=O) groups is 2. The third kappa shape index (κ3) is 5.06. The number of hydrogen-bond donors (Lipinski definition) is 2. The number of fused-ring (bicyclic) bond motifs is 1. The van der Waals surface area contributed by atoms with E-state index in [4.69, 9.17) is 5.11 Å². The second-order valence-corrected chi connectivity index (χ2v) is 9.59. The van der Waals surface area contributed by atoms with Crippen molar-refractivity contribution in [2.45, 2.75) is 44.4 Å². The van der Waals surface area contributed by atoms with Gasteiger partial charge in [0.05, 0.1) is 5.69 Å². The number of carboxylic acids is 1. The number of carboxylic acid groups (broad SMARTS) is 1.